The van der Waals surface area contributed by atoms with Crippen molar-refractivity contribution in [3.63, 3.8) is 0 Å². The van der Waals surface area contributed by atoms with E-state index in [1.54, 1.807) is 0 Å². The Balaban J connectivity index is 0.00000593. The van der Waals surface area contributed by atoms with E-state index in [1.807, 2.05) is 24.4 Å². The Bertz CT molecular complexity index is 3310. The van der Waals surface area contributed by atoms with E-state index in [2.05, 4.69) is 249 Å². The van der Waals surface area contributed by atoms with E-state index in [1.165, 1.54) is 33.4 Å². The summed E-state index contributed by atoms with van der Waals surface area (Å²) < 4.78 is 8.93. The molecule has 1 aliphatic heterocycles. The van der Waals surface area contributed by atoms with Crippen LogP contribution >= 0.6 is 0 Å². The quantitative estimate of drug-likeness (QED) is 0.142. The smallest absolute Gasteiger partial charge is 0.136 e. The molecule has 0 aliphatic carbocycles. The summed E-state index contributed by atoms with van der Waals surface area (Å²) in [5, 5.41) is 2.21. The Morgan fingerprint density at radius 3 is 1.83 bits per heavy atom. The zero-order valence-corrected chi connectivity index (χ0v) is 44.0. The van der Waals surface area contributed by atoms with Crippen molar-refractivity contribution < 1.29 is 25.8 Å². The first-order chi connectivity index (χ1) is 32.4. The SMILES string of the molecule is CC(C)(C)c1cccc(N2[CH-]N(c3[c-]c(Oc4[c-]c5c(cc4)c4ccccc4n5-c4cc(-c5c(C(C)(C)C)cc(C(C)(C)c6ccccc6)cc5C(C)(C)C)ccn4)ccc3)c3ccccc32)c1.[Pt]. The van der Waals surface area contributed by atoms with Gasteiger partial charge in [0.2, 0.25) is 0 Å². The predicted molar refractivity (Wildman–Crippen MR) is 284 cm³/mol. The van der Waals surface area contributed by atoms with Crippen LogP contribution in [0.5, 0.6) is 11.5 Å². The molecule has 0 spiro atoms. The maximum atomic E-state index is 6.70. The average molecular weight is 1090 g/mol. The molecule has 0 amide bonds. The van der Waals surface area contributed by atoms with Crippen molar-refractivity contribution in [2.75, 3.05) is 9.80 Å². The number of fused-ring (bicyclic) bond motifs is 4. The summed E-state index contributed by atoms with van der Waals surface area (Å²) in [5.41, 5.74) is 14.6. The van der Waals surface area contributed by atoms with E-state index in [4.69, 9.17) is 9.72 Å². The second-order valence-electron chi connectivity index (χ2n) is 21.9. The van der Waals surface area contributed by atoms with Crippen LogP contribution in [0.4, 0.5) is 22.7 Å². The van der Waals surface area contributed by atoms with Crippen molar-refractivity contribution in [1.82, 2.24) is 9.55 Å². The van der Waals surface area contributed by atoms with Gasteiger partial charge in [0.05, 0.1) is 0 Å². The first kappa shape index (κ1) is 47.6. The summed E-state index contributed by atoms with van der Waals surface area (Å²) in [6.07, 6.45) is 1.96. The van der Waals surface area contributed by atoms with Crippen molar-refractivity contribution in [2.24, 2.45) is 0 Å². The van der Waals surface area contributed by atoms with Crippen LogP contribution in [0, 0.1) is 18.8 Å². The molecule has 69 heavy (non-hydrogen) atoms. The summed E-state index contributed by atoms with van der Waals surface area (Å²) in [6.45, 7) is 27.6. The van der Waals surface area contributed by atoms with Gasteiger partial charge < -0.3 is 19.1 Å². The molecule has 0 unspecified atom stereocenters. The van der Waals surface area contributed by atoms with Crippen molar-refractivity contribution in [3.05, 3.63) is 211 Å². The molecule has 1 aliphatic rings. The molecule has 352 valence electrons. The molecule has 0 saturated carbocycles. The molecule has 2 aromatic heterocycles. The van der Waals surface area contributed by atoms with E-state index in [9.17, 15) is 0 Å². The van der Waals surface area contributed by atoms with Gasteiger partial charge in [-0.15, -0.1) is 48.1 Å². The van der Waals surface area contributed by atoms with Gasteiger partial charge in [-0.1, -0.05) is 167 Å². The number of pyridine rings is 1. The Labute approximate surface area is 424 Å². The number of benzene rings is 7. The molecule has 0 fully saturated rings. The molecule has 10 rings (SSSR count). The third-order valence-corrected chi connectivity index (χ3v) is 13.6. The molecule has 9 aromatic rings. The number of hydrogen-bond acceptors (Lipinski definition) is 4. The van der Waals surface area contributed by atoms with E-state index in [0.717, 1.165) is 55.9 Å². The van der Waals surface area contributed by atoms with Gasteiger partial charge in [-0.3, -0.25) is 0 Å². The topological polar surface area (TPSA) is 33.5 Å². The van der Waals surface area contributed by atoms with Gasteiger partial charge in [-0.2, -0.15) is 12.1 Å². The molecule has 3 heterocycles. The Morgan fingerprint density at radius 2 is 1.13 bits per heavy atom. The van der Waals surface area contributed by atoms with Crippen molar-refractivity contribution >= 4 is 44.6 Å². The summed E-state index contributed by atoms with van der Waals surface area (Å²) >= 11 is 0. The van der Waals surface area contributed by atoms with Crippen molar-refractivity contribution in [1.29, 1.82) is 0 Å². The number of para-hydroxylation sites is 3. The Kier molecular flexibility index (Phi) is 12.3. The summed E-state index contributed by atoms with van der Waals surface area (Å²) in [7, 11) is 0. The van der Waals surface area contributed by atoms with Gasteiger partial charge in [-0.05, 0) is 103 Å². The fraction of sp³-hybridized carbons (Fsp3) is 0.238. The summed E-state index contributed by atoms with van der Waals surface area (Å²) in [6, 6.07) is 63.6. The number of anilines is 4. The number of hydrogen-bond donors (Lipinski definition) is 0. The fourth-order valence-corrected chi connectivity index (χ4v) is 9.77. The van der Waals surface area contributed by atoms with Gasteiger partial charge in [-0.25, -0.2) is 4.98 Å². The molecule has 6 heteroatoms. The average Bonchev–Trinajstić information content (AvgIpc) is 3.87. The zero-order valence-electron chi connectivity index (χ0n) is 41.7. The Morgan fingerprint density at radius 1 is 0.507 bits per heavy atom. The Hall–Kier alpha value is -6.42. The van der Waals surface area contributed by atoms with Gasteiger partial charge >= 0.3 is 0 Å². The minimum atomic E-state index is -0.195. The van der Waals surface area contributed by atoms with E-state index < -0.39 is 0 Å². The van der Waals surface area contributed by atoms with Gasteiger partial charge in [0, 0.05) is 66.8 Å². The largest absolute Gasteiger partial charge is 0.509 e. The first-order valence-corrected chi connectivity index (χ1v) is 23.9. The van der Waals surface area contributed by atoms with Crippen LogP contribution in [0.2, 0.25) is 0 Å². The third-order valence-electron chi connectivity index (χ3n) is 13.6. The monoisotopic (exact) mass is 1080 g/mol. The van der Waals surface area contributed by atoms with Gasteiger partial charge in [0.1, 0.15) is 5.82 Å². The molecule has 0 bridgehead atoms. The molecule has 7 aromatic carbocycles. The molecule has 5 nitrogen and oxygen atoms in total. The molecule has 0 saturated heterocycles. The van der Waals surface area contributed by atoms with Gasteiger partial charge in [0.15, 0.2) is 0 Å². The molecular weight excluding hydrogens is 1020 g/mol. The van der Waals surface area contributed by atoms with Crippen LogP contribution in [0.1, 0.15) is 104 Å². The van der Waals surface area contributed by atoms with Crippen LogP contribution in [0.15, 0.2) is 164 Å². The molecule has 0 atom stereocenters. The zero-order chi connectivity index (χ0) is 47.8. The molecule has 0 N–H and O–H groups in total. The number of rotatable bonds is 8. The number of nitrogens with zero attached hydrogens (tertiary/aromatic N) is 4. The van der Waals surface area contributed by atoms with E-state index >= 15 is 0 Å². The second kappa shape index (κ2) is 17.8. The summed E-state index contributed by atoms with van der Waals surface area (Å²) in [5.74, 6) is 2.02. The third kappa shape index (κ3) is 8.92. The first-order valence-electron chi connectivity index (χ1n) is 23.9. The fourth-order valence-electron chi connectivity index (χ4n) is 9.77. The van der Waals surface area contributed by atoms with Crippen LogP contribution in [0.3, 0.4) is 0 Å². The van der Waals surface area contributed by atoms with Crippen LogP contribution in [-0.4, -0.2) is 9.55 Å². The van der Waals surface area contributed by atoms with Gasteiger partial charge in [0.25, 0.3) is 0 Å². The minimum Gasteiger partial charge on any atom is -0.509 e. The van der Waals surface area contributed by atoms with Crippen LogP contribution < -0.4 is 14.5 Å². The molecular formula is C63H61N4OPt-3. The normalized spacial score (nSPS) is 13.2. The minimum absolute atomic E-state index is 0. The maximum Gasteiger partial charge on any atom is 0.136 e. The predicted octanol–water partition coefficient (Wildman–Crippen LogP) is 16.9. The number of aromatic nitrogens is 2. The second-order valence-corrected chi connectivity index (χ2v) is 21.9. The van der Waals surface area contributed by atoms with Crippen LogP contribution in [-0.2, 0) is 42.7 Å². The van der Waals surface area contributed by atoms with Crippen LogP contribution in [0.25, 0.3) is 38.8 Å². The van der Waals surface area contributed by atoms with Crippen molar-refractivity contribution in [2.45, 2.75) is 97.8 Å². The van der Waals surface area contributed by atoms with E-state index in [-0.39, 0.29) is 42.7 Å². The number of ether oxygens (including phenoxy) is 1. The maximum absolute atomic E-state index is 6.70. The molecule has 0 radical (unpaired) electrons. The summed E-state index contributed by atoms with van der Waals surface area (Å²) in [4.78, 5) is 9.54. The van der Waals surface area contributed by atoms with E-state index in [0.29, 0.717) is 11.5 Å². The van der Waals surface area contributed by atoms with Crippen molar-refractivity contribution in [3.8, 4) is 28.4 Å². The standard InChI is InChI=1S/C63H61N4O.Pt/c1-60(2,3)44-23-19-24-46(36-44)65-41-66(56-30-18-17-29-55(56)65)47-25-20-26-48(39-47)68-49-31-32-51-50-27-15-16-28-54(50)67(57(51)40-49)58-35-42(33-34-64-58)59-52(61(4,5)6)37-45(38-53(59)62(7,8)9)63(10,11)43-21-13-12-14-22-43;/h12-38,41H,1-11H3;/q-3;.